The third kappa shape index (κ3) is 1.78. The molecule has 3 heteroatoms. The van der Waals surface area contributed by atoms with Gasteiger partial charge in [0.05, 0.1) is 18.3 Å². The van der Waals surface area contributed by atoms with Crippen LogP contribution in [0.5, 0.6) is 5.75 Å². The first-order valence-electron chi connectivity index (χ1n) is 5.73. The van der Waals surface area contributed by atoms with Gasteiger partial charge in [0.2, 0.25) is 0 Å². The molecule has 1 saturated heterocycles. The molecule has 84 valence electrons. The number of benzene rings is 1. The molecule has 0 saturated carbocycles. The average molecular weight is 217 g/mol. The molecule has 1 aliphatic rings. The molecule has 1 aromatic heterocycles. The van der Waals surface area contributed by atoms with Crippen molar-refractivity contribution in [1.82, 2.24) is 5.32 Å². The van der Waals surface area contributed by atoms with Gasteiger partial charge in [-0.25, -0.2) is 0 Å². The van der Waals surface area contributed by atoms with E-state index in [0.717, 1.165) is 36.4 Å². The Morgan fingerprint density at radius 3 is 3.25 bits per heavy atom. The Bertz CT molecular complexity index is 471. The van der Waals surface area contributed by atoms with Gasteiger partial charge in [-0.3, -0.25) is 0 Å². The fraction of sp³-hybridized carbons (Fsp3) is 0.385. The lowest BCUT2D eigenvalue weighted by Gasteiger charge is -2.11. The summed E-state index contributed by atoms with van der Waals surface area (Å²) in [5.41, 5.74) is 0.891. The van der Waals surface area contributed by atoms with Gasteiger partial charge in [-0.05, 0) is 31.2 Å². The maximum Gasteiger partial charge on any atom is 0.137 e. The molecule has 2 heterocycles. The van der Waals surface area contributed by atoms with Crippen LogP contribution in [0.2, 0.25) is 0 Å². The van der Waals surface area contributed by atoms with Crippen molar-refractivity contribution < 1.29 is 9.15 Å². The molecular weight excluding hydrogens is 202 g/mol. The number of hydrogen-bond donors (Lipinski definition) is 1. The van der Waals surface area contributed by atoms with Crippen molar-refractivity contribution in [3.8, 4) is 5.75 Å². The smallest absolute Gasteiger partial charge is 0.137 e. The second-order valence-electron chi connectivity index (χ2n) is 4.26. The predicted molar refractivity (Wildman–Crippen MR) is 62.7 cm³/mol. The van der Waals surface area contributed by atoms with Gasteiger partial charge in [0.15, 0.2) is 0 Å². The van der Waals surface area contributed by atoms with Crippen LogP contribution in [0, 0.1) is 5.92 Å². The van der Waals surface area contributed by atoms with Gasteiger partial charge in [-0.15, -0.1) is 0 Å². The van der Waals surface area contributed by atoms with E-state index in [1.807, 2.05) is 24.3 Å². The molecule has 0 bridgehead atoms. The summed E-state index contributed by atoms with van der Waals surface area (Å²) in [7, 11) is 0. The number of fused-ring (bicyclic) bond motifs is 1. The standard InChI is InChI=1S/C13H15NO2/c1-2-12-11(5-7-15-12)13(3-1)16-9-10-4-6-14-8-10/h1-3,5,7,10,14H,4,6,8-9H2. The lowest BCUT2D eigenvalue weighted by atomic mass is 10.1. The van der Waals surface area contributed by atoms with Gasteiger partial charge >= 0.3 is 0 Å². The third-order valence-electron chi connectivity index (χ3n) is 3.09. The van der Waals surface area contributed by atoms with E-state index in [2.05, 4.69) is 5.32 Å². The third-order valence-corrected chi connectivity index (χ3v) is 3.09. The van der Waals surface area contributed by atoms with Crippen molar-refractivity contribution in [2.24, 2.45) is 5.92 Å². The highest BCUT2D eigenvalue weighted by Gasteiger charge is 2.15. The van der Waals surface area contributed by atoms with E-state index < -0.39 is 0 Å². The second kappa shape index (κ2) is 4.18. The Hall–Kier alpha value is -1.48. The van der Waals surface area contributed by atoms with Crippen LogP contribution in [0.4, 0.5) is 0 Å². The number of ether oxygens (including phenoxy) is 1. The van der Waals surface area contributed by atoms with Gasteiger partial charge < -0.3 is 14.5 Å². The number of hydrogen-bond acceptors (Lipinski definition) is 3. The molecule has 3 nitrogen and oxygen atoms in total. The molecule has 0 amide bonds. The minimum absolute atomic E-state index is 0.641. The first kappa shape index (κ1) is 9.73. The quantitative estimate of drug-likeness (QED) is 0.857. The molecule has 1 N–H and O–H groups in total. The van der Waals surface area contributed by atoms with E-state index in [-0.39, 0.29) is 0 Å². The van der Waals surface area contributed by atoms with E-state index in [0.29, 0.717) is 5.92 Å². The first-order chi connectivity index (χ1) is 7.93. The summed E-state index contributed by atoms with van der Waals surface area (Å²) in [5, 5.41) is 4.41. The van der Waals surface area contributed by atoms with Gasteiger partial charge in [-0.1, -0.05) is 6.07 Å². The van der Waals surface area contributed by atoms with E-state index in [1.54, 1.807) is 6.26 Å². The summed E-state index contributed by atoms with van der Waals surface area (Å²) in [6.45, 7) is 2.97. The van der Waals surface area contributed by atoms with Gasteiger partial charge in [0.1, 0.15) is 11.3 Å². The minimum atomic E-state index is 0.641. The summed E-state index contributed by atoms with van der Waals surface area (Å²) < 4.78 is 11.2. The highest BCUT2D eigenvalue weighted by atomic mass is 16.5. The lowest BCUT2D eigenvalue weighted by Crippen LogP contribution is -2.15. The van der Waals surface area contributed by atoms with Crippen molar-refractivity contribution in [2.75, 3.05) is 19.7 Å². The first-order valence-corrected chi connectivity index (χ1v) is 5.73. The molecule has 1 aliphatic heterocycles. The Morgan fingerprint density at radius 1 is 1.38 bits per heavy atom. The van der Waals surface area contributed by atoms with Crippen LogP contribution < -0.4 is 10.1 Å². The van der Waals surface area contributed by atoms with Crippen LogP contribution in [-0.4, -0.2) is 19.7 Å². The topological polar surface area (TPSA) is 34.4 Å². The molecule has 0 radical (unpaired) electrons. The summed E-state index contributed by atoms with van der Waals surface area (Å²) >= 11 is 0. The van der Waals surface area contributed by atoms with E-state index >= 15 is 0 Å². The van der Waals surface area contributed by atoms with Crippen molar-refractivity contribution in [2.45, 2.75) is 6.42 Å². The number of rotatable bonds is 3. The van der Waals surface area contributed by atoms with E-state index in [9.17, 15) is 0 Å². The molecule has 0 spiro atoms. The monoisotopic (exact) mass is 217 g/mol. The minimum Gasteiger partial charge on any atom is -0.492 e. The highest BCUT2D eigenvalue weighted by Crippen LogP contribution is 2.26. The second-order valence-corrected chi connectivity index (χ2v) is 4.26. The normalized spacial score (nSPS) is 20.4. The largest absolute Gasteiger partial charge is 0.492 e. The molecule has 1 aromatic carbocycles. The Morgan fingerprint density at radius 2 is 2.38 bits per heavy atom. The molecular formula is C13H15NO2. The van der Waals surface area contributed by atoms with Crippen LogP contribution in [0.25, 0.3) is 11.0 Å². The van der Waals surface area contributed by atoms with Crippen molar-refractivity contribution >= 4 is 11.0 Å². The van der Waals surface area contributed by atoms with Crippen LogP contribution in [0.1, 0.15) is 6.42 Å². The fourth-order valence-corrected chi connectivity index (χ4v) is 2.16. The van der Waals surface area contributed by atoms with Crippen LogP contribution >= 0.6 is 0 Å². The maximum atomic E-state index is 5.86. The van der Waals surface area contributed by atoms with Crippen LogP contribution in [0.15, 0.2) is 34.9 Å². The van der Waals surface area contributed by atoms with Crippen molar-refractivity contribution in [3.05, 3.63) is 30.5 Å². The molecule has 3 rings (SSSR count). The molecule has 1 atom stereocenters. The van der Waals surface area contributed by atoms with Gasteiger partial charge in [-0.2, -0.15) is 0 Å². The zero-order valence-corrected chi connectivity index (χ0v) is 9.11. The van der Waals surface area contributed by atoms with Gasteiger partial charge in [0.25, 0.3) is 0 Å². The summed E-state index contributed by atoms with van der Waals surface area (Å²) in [4.78, 5) is 0. The van der Waals surface area contributed by atoms with Gasteiger partial charge in [0, 0.05) is 12.5 Å². The molecule has 2 aromatic rings. The predicted octanol–water partition coefficient (Wildman–Crippen LogP) is 2.42. The van der Waals surface area contributed by atoms with Crippen molar-refractivity contribution in [1.29, 1.82) is 0 Å². The maximum absolute atomic E-state index is 5.86. The zero-order chi connectivity index (χ0) is 10.8. The average Bonchev–Trinajstić information content (AvgIpc) is 2.97. The molecule has 0 aliphatic carbocycles. The number of nitrogens with one attached hydrogen (secondary N) is 1. The lowest BCUT2D eigenvalue weighted by molar-refractivity contribution is 0.263. The Kier molecular flexibility index (Phi) is 2.54. The number of furan rings is 1. The summed E-state index contributed by atoms with van der Waals surface area (Å²) in [6.07, 6.45) is 2.91. The SMILES string of the molecule is c1cc(OCC2CCNC2)c2ccoc2c1. The van der Waals surface area contributed by atoms with E-state index in [1.165, 1.54) is 6.42 Å². The molecule has 1 unspecified atom stereocenters. The Labute approximate surface area is 94.4 Å². The summed E-state index contributed by atoms with van der Waals surface area (Å²) in [6, 6.07) is 7.88. The van der Waals surface area contributed by atoms with Crippen molar-refractivity contribution in [3.63, 3.8) is 0 Å². The summed E-state index contributed by atoms with van der Waals surface area (Å²) in [5.74, 6) is 1.57. The Balaban J connectivity index is 1.75. The fourth-order valence-electron chi connectivity index (χ4n) is 2.16. The molecule has 16 heavy (non-hydrogen) atoms. The van der Waals surface area contributed by atoms with Crippen LogP contribution in [0.3, 0.4) is 0 Å². The zero-order valence-electron chi connectivity index (χ0n) is 9.11. The highest BCUT2D eigenvalue weighted by molar-refractivity contribution is 5.83. The van der Waals surface area contributed by atoms with Crippen LogP contribution in [-0.2, 0) is 0 Å². The molecule has 1 fully saturated rings. The van der Waals surface area contributed by atoms with E-state index in [4.69, 9.17) is 9.15 Å².